The van der Waals surface area contributed by atoms with E-state index >= 15 is 0 Å². The Balaban J connectivity index is 2.13. The maximum Gasteiger partial charge on any atom is 0.236 e. The standard InChI is InChI=1S/C7H14N3OS/c8-7(11)6-4-3-12-2-1-5(4)9-10-6/h1-2,4-6,9-10H,3H2,12H3,(H2,8,11). The summed E-state index contributed by atoms with van der Waals surface area (Å²) in [6, 6.07) is 0.135. The van der Waals surface area contributed by atoms with E-state index in [-0.39, 0.29) is 11.9 Å². The summed E-state index contributed by atoms with van der Waals surface area (Å²) in [5.41, 5.74) is 11.2. The van der Waals surface area contributed by atoms with Gasteiger partial charge in [0.2, 0.25) is 5.91 Å². The van der Waals surface area contributed by atoms with Gasteiger partial charge in [0.05, 0.1) is 0 Å². The molecule has 1 radical (unpaired) electrons. The van der Waals surface area contributed by atoms with E-state index in [2.05, 4.69) is 22.3 Å². The molecule has 1 fully saturated rings. The Morgan fingerprint density at radius 3 is 3.17 bits per heavy atom. The zero-order chi connectivity index (χ0) is 8.55. The number of rotatable bonds is 1. The summed E-state index contributed by atoms with van der Waals surface area (Å²) in [6.07, 6.45) is 2.14. The molecule has 0 aromatic heterocycles. The van der Waals surface area contributed by atoms with E-state index in [1.165, 1.54) is 0 Å². The highest BCUT2D eigenvalue weighted by atomic mass is 32.2. The van der Waals surface area contributed by atoms with Crippen molar-refractivity contribution in [1.29, 1.82) is 0 Å². The van der Waals surface area contributed by atoms with Gasteiger partial charge in [0.1, 0.15) is 6.04 Å². The van der Waals surface area contributed by atoms with Crippen molar-refractivity contribution in [2.45, 2.75) is 12.1 Å². The lowest BCUT2D eigenvalue weighted by Crippen LogP contribution is -2.43. The minimum atomic E-state index is -0.246. The summed E-state index contributed by atoms with van der Waals surface area (Å²) >= 11 is 0.376. The van der Waals surface area contributed by atoms with Crippen LogP contribution in [-0.4, -0.2) is 23.7 Å². The highest BCUT2D eigenvalue weighted by molar-refractivity contribution is 8.02. The summed E-state index contributed by atoms with van der Waals surface area (Å²) in [4.78, 5) is 11.0. The number of hydrogen-bond donors (Lipinski definition) is 3. The number of amides is 1. The first-order valence-corrected chi connectivity index (χ1v) is 5.58. The Labute approximate surface area is 74.9 Å². The van der Waals surface area contributed by atoms with Gasteiger partial charge in [0.15, 0.2) is 0 Å². The van der Waals surface area contributed by atoms with Crippen LogP contribution < -0.4 is 16.6 Å². The second-order valence-corrected chi connectivity index (χ2v) is 4.54. The molecule has 4 nitrogen and oxygen atoms in total. The predicted octanol–water partition coefficient (Wildman–Crippen LogP) is -1.61. The zero-order valence-corrected chi connectivity index (χ0v) is 7.81. The molecule has 2 aliphatic heterocycles. The zero-order valence-electron chi connectivity index (χ0n) is 6.66. The Hall–Kier alpha value is -0.520. The molecular weight excluding hydrogens is 174 g/mol. The maximum atomic E-state index is 11.0. The van der Waals surface area contributed by atoms with E-state index in [1.807, 2.05) is 0 Å². The van der Waals surface area contributed by atoms with Crippen LogP contribution in [0.25, 0.3) is 0 Å². The molecule has 4 N–H and O–H groups in total. The average molecular weight is 188 g/mol. The number of fused-ring (bicyclic) bond motifs is 1. The molecule has 0 saturated carbocycles. The van der Waals surface area contributed by atoms with Crippen molar-refractivity contribution in [3.63, 3.8) is 0 Å². The molecule has 12 heavy (non-hydrogen) atoms. The van der Waals surface area contributed by atoms with E-state index in [4.69, 9.17) is 5.73 Å². The fraction of sp³-hybridized carbons (Fsp3) is 0.571. The van der Waals surface area contributed by atoms with Crippen molar-refractivity contribution in [1.82, 2.24) is 10.9 Å². The van der Waals surface area contributed by atoms with Crippen molar-refractivity contribution in [2.75, 3.05) is 5.75 Å². The maximum absolute atomic E-state index is 11.0. The molecule has 0 spiro atoms. The lowest BCUT2D eigenvalue weighted by molar-refractivity contribution is -0.120. The Bertz CT molecular complexity index is 231. The molecule has 2 rings (SSSR count). The quantitative estimate of drug-likeness (QED) is 0.464. The molecule has 3 unspecified atom stereocenters. The van der Waals surface area contributed by atoms with Crippen LogP contribution in [0.4, 0.5) is 0 Å². The highest BCUT2D eigenvalue weighted by Crippen LogP contribution is 2.26. The molecule has 0 bridgehead atoms. The summed E-state index contributed by atoms with van der Waals surface area (Å²) in [6.45, 7) is 0. The first-order chi connectivity index (χ1) is 5.79. The average Bonchev–Trinajstić information content (AvgIpc) is 2.47. The molecule has 3 atom stereocenters. The van der Waals surface area contributed by atoms with Crippen LogP contribution in [0.2, 0.25) is 0 Å². The third-order valence-corrected chi connectivity index (χ3v) is 3.78. The molecular formula is C7H14N3OS. The minimum Gasteiger partial charge on any atom is -0.368 e. The second-order valence-electron chi connectivity index (χ2n) is 3.21. The number of carbonyl (C=O) groups is 1. The van der Waals surface area contributed by atoms with Gasteiger partial charge >= 0.3 is 0 Å². The van der Waals surface area contributed by atoms with E-state index < -0.39 is 0 Å². The third kappa shape index (κ3) is 1.24. The molecule has 0 aromatic rings. The lowest BCUT2D eigenvalue weighted by atomic mass is 9.96. The molecule has 2 heterocycles. The molecule has 1 amide bonds. The van der Waals surface area contributed by atoms with Crippen molar-refractivity contribution >= 4 is 17.7 Å². The van der Waals surface area contributed by atoms with Crippen molar-refractivity contribution in [3.8, 4) is 0 Å². The van der Waals surface area contributed by atoms with Crippen LogP contribution in [0.1, 0.15) is 0 Å². The van der Waals surface area contributed by atoms with E-state index in [1.54, 1.807) is 0 Å². The van der Waals surface area contributed by atoms with Crippen LogP contribution in [0, 0.1) is 5.92 Å². The number of primary amides is 1. The van der Waals surface area contributed by atoms with Gasteiger partial charge < -0.3 is 5.73 Å². The first kappa shape index (κ1) is 8.10. The molecule has 5 heteroatoms. The first-order valence-electron chi connectivity index (χ1n) is 4.09. The third-order valence-electron chi connectivity index (χ3n) is 2.46. The number of nitrogens with one attached hydrogen (secondary N) is 2. The van der Waals surface area contributed by atoms with Crippen molar-refractivity contribution in [2.24, 2.45) is 11.7 Å². The van der Waals surface area contributed by atoms with Gasteiger partial charge in [-0.25, -0.2) is 10.9 Å². The van der Waals surface area contributed by atoms with E-state index in [0.717, 1.165) is 5.75 Å². The van der Waals surface area contributed by atoms with Gasteiger partial charge in [-0.05, 0) is 5.75 Å². The monoisotopic (exact) mass is 188 g/mol. The van der Waals surface area contributed by atoms with Gasteiger partial charge in [0, 0.05) is 12.0 Å². The van der Waals surface area contributed by atoms with Crippen LogP contribution in [0.5, 0.6) is 0 Å². The SMILES string of the molecule is NC(=O)C1NNC2C=C[SH3]CC21. The molecule has 2 aliphatic rings. The summed E-state index contributed by atoms with van der Waals surface area (Å²) in [5.74, 6) is 1.25. The fourth-order valence-electron chi connectivity index (χ4n) is 1.80. The van der Waals surface area contributed by atoms with Gasteiger partial charge in [-0.15, -0.1) is 0 Å². The summed E-state index contributed by atoms with van der Waals surface area (Å²) in [7, 11) is 0. The van der Waals surface area contributed by atoms with Crippen LogP contribution in [0.3, 0.4) is 0 Å². The highest BCUT2D eigenvalue weighted by Gasteiger charge is 2.37. The van der Waals surface area contributed by atoms with Gasteiger partial charge in [-0.3, -0.25) is 16.6 Å². The van der Waals surface area contributed by atoms with Crippen LogP contribution in [-0.2, 0) is 4.79 Å². The fourth-order valence-corrected chi connectivity index (χ4v) is 3.23. The largest absolute Gasteiger partial charge is 0.368 e. The number of hydrazine groups is 1. The summed E-state index contributed by atoms with van der Waals surface area (Å²) in [5, 5.41) is 2.22. The number of hydrogen-bond acceptors (Lipinski definition) is 3. The van der Waals surface area contributed by atoms with Gasteiger partial charge in [0.25, 0.3) is 0 Å². The van der Waals surface area contributed by atoms with Crippen LogP contribution in [0.15, 0.2) is 11.5 Å². The number of carbonyl (C=O) groups excluding carboxylic acids is 1. The van der Waals surface area contributed by atoms with Gasteiger partial charge in [-0.2, -0.15) is 0 Å². The molecule has 0 aliphatic carbocycles. The smallest absolute Gasteiger partial charge is 0.236 e. The lowest BCUT2D eigenvalue weighted by Gasteiger charge is -2.22. The predicted molar refractivity (Wildman–Crippen MR) is 52.3 cm³/mol. The van der Waals surface area contributed by atoms with E-state index in [9.17, 15) is 4.79 Å². The van der Waals surface area contributed by atoms with Crippen molar-refractivity contribution < 1.29 is 4.79 Å². The Morgan fingerprint density at radius 2 is 2.42 bits per heavy atom. The Morgan fingerprint density at radius 1 is 1.58 bits per heavy atom. The normalized spacial score (nSPS) is 40.2. The summed E-state index contributed by atoms with van der Waals surface area (Å²) < 4.78 is 0. The molecule has 1 saturated heterocycles. The molecule has 69 valence electrons. The Kier molecular flexibility index (Phi) is 2.08. The van der Waals surface area contributed by atoms with Gasteiger partial charge in [-0.1, -0.05) is 11.5 Å². The number of nitrogens with two attached hydrogens (primary N) is 1. The second kappa shape index (κ2) is 3.08. The van der Waals surface area contributed by atoms with E-state index in [0.29, 0.717) is 23.7 Å². The van der Waals surface area contributed by atoms with Crippen LogP contribution >= 0.6 is 11.8 Å². The van der Waals surface area contributed by atoms with Crippen molar-refractivity contribution in [3.05, 3.63) is 11.5 Å². The minimum absolute atomic E-state index is 0.174. The topological polar surface area (TPSA) is 67.2 Å². The molecule has 0 aromatic carbocycles.